The maximum atomic E-state index is 11.6. The summed E-state index contributed by atoms with van der Waals surface area (Å²) in [5.74, 6) is -2.71. The van der Waals surface area contributed by atoms with Crippen molar-refractivity contribution in [2.24, 2.45) is 11.3 Å². The van der Waals surface area contributed by atoms with Crippen molar-refractivity contribution in [1.82, 2.24) is 0 Å². The molecule has 1 N–H and O–H groups in total. The molecule has 0 amide bonds. The third-order valence-corrected chi connectivity index (χ3v) is 3.30. The summed E-state index contributed by atoms with van der Waals surface area (Å²) >= 11 is 0. The topological polar surface area (TPSA) is 80.7 Å². The molecule has 88 valence electrons. The van der Waals surface area contributed by atoms with E-state index in [9.17, 15) is 19.5 Å². The van der Waals surface area contributed by atoms with Crippen LogP contribution >= 0.6 is 0 Å². The second-order valence-electron chi connectivity index (χ2n) is 4.02. The molecule has 0 unspecified atom stereocenters. The Morgan fingerprint density at radius 3 is 2.44 bits per heavy atom. The first-order valence-corrected chi connectivity index (χ1v) is 4.88. The van der Waals surface area contributed by atoms with Gasteiger partial charge in [0, 0.05) is 5.92 Å². The number of methoxy groups -OCH3 is 1. The fourth-order valence-corrected chi connectivity index (χ4v) is 2.29. The molecule has 0 fully saturated rings. The molecular formula is C11H14O5. The molecule has 0 bridgehead atoms. The predicted octanol–water partition coefficient (Wildman–Crippen LogP) is 0.786. The SMILES string of the molecule is COC(=O)[C@@]1(C(=O)O)CC(C)=C(C=O)[C@H]1C. The number of hydrogen-bond donors (Lipinski definition) is 1. The number of aliphatic carboxylic acids is 1. The molecule has 0 saturated heterocycles. The maximum Gasteiger partial charge on any atom is 0.324 e. The number of esters is 1. The molecular weight excluding hydrogens is 212 g/mol. The Morgan fingerprint density at radius 1 is 1.56 bits per heavy atom. The number of carboxylic acid groups (broad SMARTS) is 1. The Hall–Kier alpha value is -1.65. The van der Waals surface area contributed by atoms with Crippen molar-refractivity contribution in [3.63, 3.8) is 0 Å². The molecule has 0 heterocycles. The number of allylic oxidation sites excluding steroid dienone is 2. The van der Waals surface area contributed by atoms with Crippen LogP contribution in [0.5, 0.6) is 0 Å². The van der Waals surface area contributed by atoms with Crippen molar-refractivity contribution in [2.45, 2.75) is 20.3 Å². The number of carbonyl (C=O) groups excluding carboxylic acids is 2. The van der Waals surface area contributed by atoms with Crippen molar-refractivity contribution in [3.8, 4) is 0 Å². The summed E-state index contributed by atoms with van der Waals surface area (Å²) in [6.45, 7) is 3.22. The zero-order valence-corrected chi connectivity index (χ0v) is 9.44. The highest BCUT2D eigenvalue weighted by atomic mass is 16.5. The van der Waals surface area contributed by atoms with E-state index in [0.717, 1.165) is 7.11 Å². The summed E-state index contributed by atoms with van der Waals surface area (Å²) in [4.78, 5) is 33.8. The monoisotopic (exact) mass is 226 g/mol. The Balaban J connectivity index is 3.26. The van der Waals surface area contributed by atoms with Gasteiger partial charge in [-0.2, -0.15) is 0 Å². The highest BCUT2D eigenvalue weighted by Gasteiger charge is 2.56. The van der Waals surface area contributed by atoms with Gasteiger partial charge in [0.15, 0.2) is 5.41 Å². The van der Waals surface area contributed by atoms with Gasteiger partial charge in [-0.1, -0.05) is 12.5 Å². The zero-order chi connectivity index (χ0) is 12.5. The Kier molecular flexibility index (Phi) is 3.16. The quantitative estimate of drug-likeness (QED) is 0.437. The number of ether oxygens (including phenoxy) is 1. The molecule has 0 radical (unpaired) electrons. The molecule has 5 heteroatoms. The van der Waals surface area contributed by atoms with Crippen LogP contribution < -0.4 is 0 Å². The first kappa shape index (κ1) is 12.4. The third-order valence-electron chi connectivity index (χ3n) is 3.30. The number of hydrogen-bond acceptors (Lipinski definition) is 4. The number of aldehydes is 1. The maximum absolute atomic E-state index is 11.6. The van der Waals surface area contributed by atoms with Crippen LogP contribution in [0.25, 0.3) is 0 Å². The van der Waals surface area contributed by atoms with Crippen molar-refractivity contribution >= 4 is 18.2 Å². The standard InChI is InChI=1S/C11H14O5/c1-6-4-11(9(13)14,10(15)16-3)7(2)8(6)5-12/h5,7H,4H2,1-3H3,(H,13,14)/t7-,11+/m1/s1. The fraction of sp³-hybridized carbons (Fsp3) is 0.545. The highest BCUT2D eigenvalue weighted by molar-refractivity contribution is 6.02. The average Bonchev–Trinajstić information content (AvgIpc) is 2.50. The van der Waals surface area contributed by atoms with Crippen LogP contribution in [-0.4, -0.2) is 30.4 Å². The molecule has 0 saturated carbocycles. The van der Waals surface area contributed by atoms with Gasteiger partial charge >= 0.3 is 11.9 Å². The predicted molar refractivity (Wildman–Crippen MR) is 54.6 cm³/mol. The molecule has 0 aliphatic heterocycles. The molecule has 5 nitrogen and oxygen atoms in total. The summed E-state index contributed by atoms with van der Waals surface area (Å²) in [6.07, 6.45) is 0.651. The van der Waals surface area contributed by atoms with Crippen molar-refractivity contribution in [1.29, 1.82) is 0 Å². The van der Waals surface area contributed by atoms with Crippen LogP contribution in [-0.2, 0) is 19.1 Å². The van der Waals surface area contributed by atoms with E-state index in [1.54, 1.807) is 13.8 Å². The van der Waals surface area contributed by atoms with E-state index >= 15 is 0 Å². The fourth-order valence-electron chi connectivity index (χ4n) is 2.29. The van der Waals surface area contributed by atoms with Gasteiger partial charge in [0.05, 0.1) is 7.11 Å². The Bertz CT molecular complexity index is 382. The zero-order valence-electron chi connectivity index (χ0n) is 9.44. The minimum atomic E-state index is -1.64. The minimum Gasteiger partial charge on any atom is -0.480 e. The highest BCUT2D eigenvalue weighted by Crippen LogP contribution is 2.47. The Morgan fingerprint density at radius 2 is 2.12 bits per heavy atom. The molecule has 2 atom stereocenters. The van der Waals surface area contributed by atoms with E-state index in [2.05, 4.69) is 4.74 Å². The summed E-state index contributed by atoms with van der Waals surface area (Å²) in [7, 11) is 1.15. The van der Waals surface area contributed by atoms with Gasteiger partial charge in [0.2, 0.25) is 0 Å². The van der Waals surface area contributed by atoms with Crippen molar-refractivity contribution < 1.29 is 24.2 Å². The lowest BCUT2D eigenvalue weighted by Crippen LogP contribution is -2.43. The van der Waals surface area contributed by atoms with E-state index in [-0.39, 0.29) is 6.42 Å². The van der Waals surface area contributed by atoms with E-state index in [0.29, 0.717) is 17.4 Å². The summed E-state index contributed by atoms with van der Waals surface area (Å²) in [6, 6.07) is 0. The molecule has 0 aromatic heterocycles. The molecule has 0 aromatic rings. The smallest absolute Gasteiger partial charge is 0.324 e. The van der Waals surface area contributed by atoms with Gasteiger partial charge in [0.25, 0.3) is 0 Å². The van der Waals surface area contributed by atoms with Gasteiger partial charge in [-0.25, -0.2) is 0 Å². The molecule has 0 spiro atoms. The second kappa shape index (κ2) is 4.08. The first-order valence-electron chi connectivity index (χ1n) is 4.88. The van der Waals surface area contributed by atoms with E-state index < -0.39 is 23.3 Å². The van der Waals surface area contributed by atoms with Gasteiger partial charge in [-0.15, -0.1) is 0 Å². The van der Waals surface area contributed by atoms with E-state index in [1.807, 2.05) is 0 Å². The molecule has 16 heavy (non-hydrogen) atoms. The lowest BCUT2D eigenvalue weighted by atomic mass is 9.76. The summed E-state index contributed by atoms with van der Waals surface area (Å²) < 4.78 is 4.55. The lowest BCUT2D eigenvalue weighted by molar-refractivity contribution is -0.169. The second-order valence-corrected chi connectivity index (χ2v) is 4.02. The molecule has 1 aliphatic rings. The third kappa shape index (κ3) is 1.43. The van der Waals surface area contributed by atoms with Crippen LogP contribution in [0.4, 0.5) is 0 Å². The Labute approximate surface area is 93.1 Å². The molecule has 0 aromatic carbocycles. The average molecular weight is 226 g/mol. The van der Waals surface area contributed by atoms with Crippen LogP contribution in [0.1, 0.15) is 20.3 Å². The van der Waals surface area contributed by atoms with Crippen molar-refractivity contribution in [2.75, 3.05) is 7.11 Å². The lowest BCUT2D eigenvalue weighted by Gasteiger charge is -2.26. The van der Waals surface area contributed by atoms with Gasteiger partial charge in [0.1, 0.15) is 6.29 Å². The largest absolute Gasteiger partial charge is 0.480 e. The van der Waals surface area contributed by atoms with Gasteiger partial charge in [-0.3, -0.25) is 14.4 Å². The number of carbonyl (C=O) groups is 3. The van der Waals surface area contributed by atoms with Crippen molar-refractivity contribution in [3.05, 3.63) is 11.1 Å². The van der Waals surface area contributed by atoms with Crippen LogP contribution in [0.15, 0.2) is 11.1 Å². The van der Waals surface area contributed by atoms with Crippen LogP contribution in [0, 0.1) is 11.3 Å². The number of rotatable bonds is 3. The van der Waals surface area contributed by atoms with Crippen LogP contribution in [0.2, 0.25) is 0 Å². The summed E-state index contributed by atoms with van der Waals surface area (Å²) in [5, 5.41) is 9.22. The number of carboxylic acids is 1. The van der Waals surface area contributed by atoms with E-state index in [1.165, 1.54) is 0 Å². The van der Waals surface area contributed by atoms with Gasteiger partial charge < -0.3 is 9.84 Å². The summed E-state index contributed by atoms with van der Waals surface area (Å²) in [5.41, 5.74) is -0.627. The molecule has 1 rings (SSSR count). The normalized spacial score (nSPS) is 29.1. The first-order chi connectivity index (χ1) is 7.41. The molecule has 1 aliphatic carbocycles. The van der Waals surface area contributed by atoms with E-state index in [4.69, 9.17) is 0 Å². The van der Waals surface area contributed by atoms with Gasteiger partial charge in [-0.05, 0) is 18.9 Å². The minimum absolute atomic E-state index is 0.0320. The van der Waals surface area contributed by atoms with Crippen LogP contribution in [0.3, 0.4) is 0 Å².